The van der Waals surface area contributed by atoms with E-state index in [1.807, 2.05) is 40.0 Å². The molecule has 2 N–H and O–H groups in total. The number of hydrogen-bond acceptors (Lipinski definition) is 4. The summed E-state index contributed by atoms with van der Waals surface area (Å²) in [6.45, 7) is 7.90. The van der Waals surface area contributed by atoms with Crippen LogP contribution in [0.4, 0.5) is 11.4 Å². The van der Waals surface area contributed by atoms with Crippen LogP contribution in [-0.2, 0) is 4.79 Å². The lowest BCUT2D eigenvalue weighted by molar-refractivity contribution is -0.136. The molecule has 0 unspecified atom stereocenters. The van der Waals surface area contributed by atoms with Crippen molar-refractivity contribution in [1.29, 1.82) is 0 Å². The predicted octanol–water partition coefficient (Wildman–Crippen LogP) is 1.72. The molecule has 1 fully saturated rings. The Balaban J connectivity index is 2.37. The lowest BCUT2D eigenvalue weighted by Crippen LogP contribution is -2.62. The molecule has 0 radical (unpaired) electrons. The highest BCUT2D eigenvalue weighted by Crippen LogP contribution is 2.32. The lowest BCUT2D eigenvalue weighted by Gasteiger charge is -2.46. The summed E-state index contributed by atoms with van der Waals surface area (Å²) in [5, 5.41) is 0. The van der Waals surface area contributed by atoms with Crippen LogP contribution in [0.15, 0.2) is 18.2 Å². The van der Waals surface area contributed by atoms with E-state index in [0.29, 0.717) is 18.8 Å². The van der Waals surface area contributed by atoms with Crippen LogP contribution in [0.3, 0.4) is 0 Å². The van der Waals surface area contributed by atoms with Crippen LogP contribution in [-0.4, -0.2) is 43.1 Å². The Labute approximate surface area is 120 Å². The number of amides is 1. The van der Waals surface area contributed by atoms with Gasteiger partial charge in [0.1, 0.15) is 11.3 Å². The Morgan fingerprint density at radius 3 is 2.65 bits per heavy atom. The first-order chi connectivity index (χ1) is 9.36. The fraction of sp³-hybridized carbons (Fsp3) is 0.533. The van der Waals surface area contributed by atoms with Crippen LogP contribution in [0.5, 0.6) is 5.75 Å². The number of anilines is 2. The Hall–Kier alpha value is -1.91. The zero-order valence-electron chi connectivity index (χ0n) is 12.6. The van der Waals surface area contributed by atoms with Gasteiger partial charge in [0.15, 0.2) is 0 Å². The second kappa shape index (κ2) is 5.23. The molecule has 110 valence electrons. The smallest absolute Gasteiger partial charge is 0.247 e. The van der Waals surface area contributed by atoms with Crippen molar-refractivity contribution < 1.29 is 9.53 Å². The molecule has 1 aliphatic heterocycles. The summed E-state index contributed by atoms with van der Waals surface area (Å²) >= 11 is 0. The van der Waals surface area contributed by atoms with Crippen molar-refractivity contribution >= 4 is 17.3 Å². The fourth-order valence-electron chi connectivity index (χ4n) is 2.68. The summed E-state index contributed by atoms with van der Waals surface area (Å²) in [7, 11) is 1.84. The van der Waals surface area contributed by atoms with Gasteiger partial charge in [0.05, 0.1) is 6.61 Å². The highest BCUT2D eigenvalue weighted by Gasteiger charge is 2.40. The molecule has 0 aliphatic carbocycles. The fourth-order valence-corrected chi connectivity index (χ4v) is 2.68. The number of carbonyl (C=O) groups is 1. The van der Waals surface area contributed by atoms with Gasteiger partial charge in [-0.3, -0.25) is 4.79 Å². The monoisotopic (exact) mass is 277 g/mol. The molecule has 1 aliphatic rings. The number of nitrogens with zero attached hydrogens (tertiary/aromatic N) is 2. The van der Waals surface area contributed by atoms with Gasteiger partial charge in [-0.2, -0.15) is 0 Å². The highest BCUT2D eigenvalue weighted by atomic mass is 16.5. The van der Waals surface area contributed by atoms with E-state index < -0.39 is 5.54 Å². The van der Waals surface area contributed by atoms with Crippen LogP contribution in [0, 0.1) is 0 Å². The lowest BCUT2D eigenvalue weighted by atomic mass is 9.96. The first kappa shape index (κ1) is 14.5. The topological polar surface area (TPSA) is 58.8 Å². The van der Waals surface area contributed by atoms with E-state index in [1.54, 1.807) is 11.0 Å². The van der Waals surface area contributed by atoms with E-state index in [9.17, 15) is 4.79 Å². The number of benzene rings is 1. The summed E-state index contributed by atoms with van der Waals surface area (Å²) in [6, 6.07) is 5.64. The first-order valence-electron chi connectivity index (χ1n) is 6.93. The minimum Gasteiger partial charge on any atom is -0.494 e. The molecule has 0 spiro atoms. The highest BCUT2D eigenvalue weighted by molar-refractivity contribution is 5.90. The average molecular weight is 277 g/mol. The third-order valence-corrected chi connectivity index (χ3v) is 3.74. The van der Waals surface area contributed by atoms with Crippen LogP contribution < -0.4 is 15.4 Å². The third-order valence-electron chi connectivity index (χ3n) is 3.74. The van der Waals surface area contributed by atoms with Crippen molar-refractivity contribution in [3.05, 3.63) is 18.2 Å². The molecule has 1 heterocycles. The Morgan fingerprint density at radius 1 is 1.30 bits per heavy atom. The molecule has 1 saturated heterocycles. The number of ether oxygens (including phenoxy) is 1. The van der Waals surface area contributed by atoms with E-state index in [1.165, 1.54) is 0 Å². The molecule has 5 nitrogen and oxygen atoms in total. The van der Waals surface area contributed by atoms with E-state index >= 15 is 0 Å². The molecule has 1 aromatic carbocycles. The van der Waals surface area contributed by atoms with Crippen molar-refractivity contribution in [3.63, 3.8) is 0 Å². The van der Waals surface area contributed by atoms with Crippen molar-refractivity contribution in [2.24, 2.45) is 0 Å². The zero-order valence-corrected chi connectivity index (χ0v) is 12.6. The predicted molar refractivity (Wildman–Crippen MR) is 81.1 cm³/mol. The number of likely N-dealkylation sites (N-methyl/N-ethyl adjacent to an activating group) is 1. The molecule has 1 amide bonds. The molecule has 2 rings (SSSR count). The maximum absolute atomic E-state index is 12.3. The summed E-state index contributed by atoms with van der Waals surface area (Å²) in [6.07, 6.45) is 0. The molecule has 0 aromatic heterocycles. The number of piperazine rings is 1. The third kappa shape index (κ3) is 2.53. The molecule has 0 atom stereocenters. The van der Waals surface area contributed by atoms with Gasteiger partial charge >= 0.3 is 0 Å². The first-order valence-corrected chi connectivity index (χ1v) is 6.93. The molecule has 20 heavy (non-hydrogen) atoms. The minimum absolute atomic E-state index is 0.115. The van der Waals surface area contributed by atoms with Gasteiger partial charge in [-0.1, -0.05) is 0 Å². The standard InChI is InChI=1S/C15H23N3O2/c1-5-20-13-9-11(16)8-12(10-13)18-7-6-17(4)14(19)15(18,2)3/h8-10H,5-7,16H2,1-4H3. The molecule has 1 aromatic rings. The van der Waals surface area contributed by atoms with Gasteiger partial charge in [-0.25, -0.2) is 0 Å². The maximum atomic E-state index is 12.3. The summed E-state index contributed by atoms with van der Waals surface area (Å²) in [4.78, 5) is 16.2. The summed E-state index contributed by atoms with van der Waals surface area (Å²) in [5.41, 5.74) is 6.94. The van der Waals surface area contributed by atoms with Gasteiger partial charge in [0, 0.05) is 43.6 Å². The second-order valence-corrected chi connectivity index (χ2v) is 5.63. The SMILES string of the molecule is CCOc1cc(N)cc(N2CCN(C)C(=O)C2(C)C)c1. The quantitative estimate of drug-likeness (QED) is 0.855. The molecule has 0 saturated carbocycles. The van der Waals surface area contributed by atoms with E-state index in [2.05, 4.69) is 4.90 Å². The van der Waals surface area contributed by atoms with Crippen molar-refractivity contribution in [1.82, 2.24) is 4.90 Å². The van der Waals surface area contributed by atoms with Gasteiger partial charge in [-0.05, 0) is 26.8 Å². The van der Waals surface area contributed by atoms with Gasteiger partial charge < -0.3 is 20.3 Å². The minimum atomic E-state index is -0.579. The largest absolute Gasteiger partial charge is 0.494 e. The van der Waals surface area contributed by atoms with Gasteiger partial charge in [-0.15, -0.1) is 0 Å². The zero-order chi connectivity index (χ0) is 14.9. The van der Waals surface area contributed by atoms with Crippen LogP contribution >= 0.6 is 0 Å². The number of nitrogen functional groups attached to an aromatic ring is 1. The Kier molecular flexibility index (Phi) is 3.79. The van der Waals surface area contributed by atoms with Gasteiger partial charge in [0.2, 0.25) is 5.91 Å². The van der Waals surface area contributed by atoms with Crippen molar-refractivity contribution in [2.45, 2.75) is 26.3 Å². The number of carbonyl (C=O) groups excluding carboxylic acids is 1. The van der Waals surface area contributed by atoms with Crippen molar-refractivity contribution in [2.75, 3.05) is 37.4 Å². The maximum Gasteiger partial charge on any atom is 0.247 e. The Morgan fingerprint density at radius 2 is 2.00 bits per heavy atom. The molecular weight excluding hydrogens is 254 g/mol. The molecular formula is C15H23N3O2. The molecule has 0 bridgehead atoms. The second-order valence-electron chi connectivity index (χ2n) is 5.63. The van der Waals surface area contributed by atoms with Crippen LogP contribution in [0.2, 0.25) is 0 Å². The molecule has 5 heteroatoms. The van der Waals surface area contributed by atoms with E-state index in [0.717, 1.165) is 18.0 Å². The number of hydrogen-bond donors (Lipinski definition) is 1. The number of rotatable bonds is 3. The Bertz CT molecular complexity index is 514. The average Bonchev–Trinajstić information content (AvgIpc) is 2.36. The summed E-state index contributed by atoms with van der Waals surface area (Å²) < 4.78 is 5.53. The van der Waals surface area contributed by atoms with Crippen LogP contribution in [0.1, 0.15) is 20.8 Å². The van der Waals surface area contributed by atoms with E-state index in [-0.39, 0.29) is 5.91 Å². The van der Waals surface area contributed by atoms with Crippen LogP contribution in [0.25, 0.3) is 0 Å². The normalized spacial score (nSPS) is 18.3. The van der Waals surface area contributed by atoms with E-state index in [4.69, 9.17) is 10.5 Å². The summed E-state index contributed by atoms with van der Waals surface area (Å²) in [5.74, 6) is 0.855. The van der Waals surface area contributed by atoms with Crippen molar-refractivity contribution in [3.8, 4) is 5.75 Å². The number of nitrogens with two attached hydrogens (primary N) is 1. The van der Waals surface area contributed by atoms with Gasteiger partial charge in [0.25, 0.3) is 0 Å².